The summed E-state index contributed by atoms with van der Waals surface area (Å²) in [6.45, 7) is 2.18. The van der Waals surface area contributed by atoms with Crippen LogP contribution in [0.15, 0.2) is 0 Å². The van der Waals surface area contributed by atoms with E-state index in [9.17, 15) is 29.1 Å². The SMILES string of the molecule is CC(NC(=O)C(N)CCC(=O)O)C(=O)NC(CCCCN)C(=O)NC(CCCCN)C(=O)O. The summed E-state index contributed by atoms with van der Waals surface area (Å²) in [7, 11) is 0. The fourth-order valence-corrected chi connectivity index (χ4v) is 2.88. The molecule has 0 aromatic carbocycles. The van der Waals surface area contributed by atoms with E-state index >= 15 is 0 Å². The molecule has 4 unspecified atom stereocenters. The lowest BCUT2D eigenvalue weighted by molar-refractivity contribution is -0.142. The van der Waals surface area contributed by atoms with Crippen LogP contribution in [0, 0.1) is 0 Å². The molecule has 0 bridgehead atoms. The van der Waals surface area contributed by atoms with E-state index in [-0.39, 0.29) is 25.7 Å². The van der Waals surface area contributed by atoms with E-state index in [1.54, 1.807) is 0 Å². The highest BCUT2D eigenvalue weighted by atomic mass is 16.4. The minimum atomic E-state index is -1.19. The highest BCUT2D eigenvalue weighted by Crippen LogP contribution is 2.06. The molecule has 0 aromatic heterocycles. The smallest absolute Gasteiger partial charge is 0.326 e. The van der Waals surface area contributed by atoms with Gasteiger partial charge in [-0.1, -0.05) is 0 Å². The summed E-state index contributed by atoms with van der Waals surface area (Å²) >= 11 is 0. The molecule has 33 heavy (non-hydrogen) atoms. The zero-order valence-electron chi connectivity index (χ0n) is 19.0. The Labute approximate surface area is 193 Å². The van der Waals surface area contributed by atoms with Crippen LogP contribution >= 0.6 is 0 Å². The summed E-state index contributed by atoms with van der Waals surface area (Å²) in [6, 6.07) is -4.31. The average Bonchev–Trinajstić information content (AvgIpc) is 2.75. The van der Waals surface area contributed by atoms with Gasteiger partial charge in [-0.3, -0.25) is 19.2 Å². The summed E-state index contributed by atoms with van der Waals surface area (Å²) < 4.78 is 0. The molecule has 0 aliphatic heterocycles. The molecule has 0 aromatic rings. The highest BCUT2D eigenvalue weighted by Gasteiger charge is 2.28. The van der Waals surface area contributed by atoms with E-state index in [4.69, 9.17) is 22.3 Å². The maximum absolute atomic E-state index is 12.7. The van der Waals surface area contributed by atoms with Crippen LogP contribution in [-0.2, 0) is 24.0 Å². The number of carbonyl (C=O) groups excluding carboxylic acids is 3. The third kappa shape index (κ3) is 13.4. The van der Waals surface area contributed by atoms with Crippen molar-refractivity contribution < 1.29 is 34.2 Å². The molecule has 190 valence electrons. The maximum atomic E-state index is 12.7. The first-order chi connectivity index (χ1) is 15.5. The van der Waals surface area contributed by atoms with Gasteiger partial charge in [0.05, 0.1) is 6.04 Å². The van der Waals surface area contributed by atoms with Crippen molar-refractivity contribution >= 4 is 29.7 Å². The molecular weight excluding hydrogens is 436 g/mol. The van der Waals surface area contributed by atoms with Gasteiger partial charge < -0.3 is 43.4 Å². The van der Waals surface area contributed by atoms with E-state index in [0.29, 0.717) is 38.8 Å². The Morgan fingerprint density at radius 2 is 1.24 bits per heavy atom. The molecule has 13 heteroatoms. The van der Waals surface area contributed by atoms with E-state index in [1.807, 2.05) is 0 Å². The van der Waals surface area contributed by atoms with Crippen molar-refractivity contribution in [1.82, 2.24) is 16.0 Å². The second-order valence-electron chi connectivity index (χ2n) is 7.80. The van der Waals surface area contributed by atoms with Gasteiger partial charge in [-0.2, -0.15) is 0 Å². The minimum Gasteiger partial charge on any atom is -0.481 e. The van der Waals surface area contributed by atoms with Gasteiger partial charge >= 0.3 is 11.9 Å². The van der Waals surface area contributed by atoms with Crippen molar-refractivity contribution in [2.75, 3.05) is 13.1 Å². The van der Waals surface area contributed by atoms with Crippen LogP contribution in [0.2, 0.25) is 0 Å². The van der Waals surface area contributed by atoms with Crippen molar-refractivity contribution in [3.8, 4) is 0 Å². The predicted octanol–water partition coefficient (Wildman–Crippen LogP) is -2.00. The maximum Gasteiger partial charge on any atom is 0.326 e. The molecule has 0 aliphatic rings. The first kappa shape index (κ1) is 30.2. The molecule has 11 N–H and O–H groups in total. The van der Waals surface area contributed by atoms with Crippen LogP contribution in [0.4, 0.5) is 0 Å². The molecule has 0 rings (SSSR count). The number of unbranched alkanes of at least 4 members (excludes halogenated alkanes) is 2. The molecule has 13 nitrogen and oxygen atoms in total. The summed E-state index contributed by atoms with van der Waals surface area (Å²) in [5, 5.41) is 25.4. The highest BCUT2D eigenvalue weighted by molar-refractivity contribution is 5.93. The number of carbonyl (C=O) groups is 5. The monoisotopic (exact) mass is 474 g/mol. The molecule has 0 saturated carbocycles. The molecule has 0 aliphatic carbocycles. The normalized spacial score (nSPS) is 14.4. The van der Waals surface area contributed by atoms with E-state index in [1.165, 1.54) is 6.92 Å². The number of amides is 3. The summed E-state index contributed by atoms with van der Waals surface area (Å²) in [4.78, 5) is 59.4. The van der Waals surface area contributed by atoms with Gasteiger partial charge in [-0.25, -0.2) is 4.79 Å². The average molecular weight is 475 g/mol. The first-order valence-corrected chi connectivity index (χ1v) is 11.0. The van der Waals surface area contributed by atoms with Crippen molar-refractivity contribution in [3.63, 3.8) is 0 Å². The summed E-state index contributed by atoms with van der Waals surface area (Å²) in [5.74, 6) is -4.32. The number of carboxylic acid groups (broad SMARTS) is 2. The number of aliphatic carboxylic acids is 2. The van der Waals surface area contributed by atoms with Crippen LogP contribution in [0.1, 0.15) is 58.3 Å². The standard InChI is InChI=1S/C20H38N6O7/c1-12(24-18(30)13(23)8-9-16(27)28)17(29)25-14(6-2-4-10-21)19(31)26-15(20(32)33)7-3-5-11-22/h12-15H,2-11,21-23H2,1H3,(H,24,30)(H,25,29)(H,26,31)(H,27,28)(H,32,33). The third-order valence-corrected chi connectivity index (χ3v) is 4.90. The molecule has 0 saturated heterocycles. The molecule has 0 radical (unpaired) electrons. The topological polar surface area (TPSA) is 240 Å². The van der Waals surface area contributed by atoms with Crippen LogP contribution < -0.4 is 33.2 Å². The lowest BCUT2D eigenvalue weighted by Crippen LogP contribution is -2.56. The Kier molecular flexibility index (Phi) is 15.4. The second-order valence-corrected chi connectivity index (χ2v) is 7.80. The Balaban J connectivity index is 5.05. The minimum absolute atomic E-state index is 0.0969. The van der Waals surface area contributed by atoms with Gasteiger partial charge in [0.25, 0.3) is 0 Å². The number of hydrogen-bond donors (Lipinski definition) is 8. The fraction of sp³-hybridized carbons (Fsp3) is 0.750. The fourth-order valence-electron chi connectivity index (χ4n) is 2.88. The number of nitrogens with one attached hydrogen (secondary N) is 3. The largest absolute Gasteiger partial charge is 0.481 e. The van der Waals surface area contributed by atoms with Crippen molar-refractivity contribution in [3.05, 3.63) is 0 Å². The lowest BCUT2D eigenvalue weighted by atomic mass is 10.1. The van der Waals surface area contributed by atoms with E-state index < -0.39 is 53.8 Å². The Hall–Kier alpha value is -2.77. The van der Waals surface area contributed by atoms with E-state index in [2.05, 4.69) is 16.0 Å². The molecular formula is C20H38N6O7. The second kappa shape index (κ2) is 16.8. The van der Waals surface area contributed by atoms with Crippen LogP contribution in [0.5, 0.6) is 0 Å². The Bertz CT molecular complexity index is 661. The molecule has 4 atom stereocenters. The third-order valence-electron chi connectivity index (χ3n) is 4.90. The van der Waals surface area contributed by atoms with Gasteiger partial charge in [0, 0.05) is 6.42 Å². The zero-order chi connectivity index (χ0) is 25.4. The van der Waals surface area contributed by atoms with Crippen molar-refractivity contribution in [1.29, 1.82) is 0 Å². The lowest BCUT2D eigenvalue weighted by Gasteiger charge is -2.24. The number of rotatable bonds is 18. The number of nitrogens with two attached hydrogens (primary N) is 3. The zero-order valence-corrected chi connectivity index (χ0v) is 19.0. The Morgan fingerprint density at radius 1 is 0.727 bits per heavy atom. The molecule has 0 spiro atoms. The Morgan fingerprint density at radius 3 is 1.73 bits per heavy atom. The van der Waals surface area contributed by atoms with E-state index in [0.717, 1.165) is 0 Å². The van der Waals surface area contributed by atoms with Gasteiger partial charge in [0.2, 0.25) is 17.7 Å². The van der Waals surface area contributed by atoms with Crippen molar-refractivity contribution in [2.45, 2.75) is 82.5 Å². The first-order valence-electron chi connectivity index (χ1n) is 11.0. The predicted molar refractivity (Wildman–Crippen MR) is 120 cm³/mol. The van der Waals surface area contributed by atoms with Gasteiger partial charge in [-0.15, -0.1) is 0 Å². The van der Waals surface area contributed by atoms with Crippen LogP contribution in [0.3, 0.4) is 0 Å². The number of hydrogen-bond acceptors (Lipinski definition) is 8. The van der Waals surface area contributed by atoms with Crippen LogP contribution in [-0.4, -0.2) is 77.1 Å². The number of carboxylic acids is 2. The van der Waals surface area contributed by atoms with Crippen molar-refractivity contribution in [2.24, 2.45) is 17.2 Å². The van der Waals surface area contributed by atoms with Gasteiger partial charge in [0.1, 0.15) is 18.1 Å². The molecule has 3 amide bonds. The summed E-state index contributed by atoms with van der Waals surface area (Å²) in [6.07, 6.45) is 2.27. The van der Waals surface area contributed by atoms with Crippen LogP contribution in [0.25, 0.3) is 0 Å². The summed E-state index contributed by atoms with van der Waals surface area (Å²) in [5.41, 5.74) is 16.5. The molecule has 0 fully saturated rings. The quantitative estimate of drug-likeness (QED) is 0.102. The molecule has 0 heterocycles. The van der Waals surface area contributed by atoms with Gasteiger partial charge in [-0.05, 0) is 65.0 Å². The van der Waals surface area contributed by atoms with Gasteiger partial charge in [0.15, 0.2) is 0 Å².